The first-order valence-electron chi connectivity index (χ1n) is 5.52. The zero-order valence-electron chi connectivity index (χ0n) is 10.6. The van der Waals surface area contributed by atoms with Crippen LogP contribution in [0.1, 0.15) is 10.4 Å². The molecular formula is C11H11FN4O5. The lowest BCUT2D eigenvalue weighted by Crippen LogP contribution is -2.43. The highest BCUT2D eigenvalue weighted by Crippen LogP contribution is 2.18. The van der Waals surface area contributed by atoms with Gasteiger partial charge in [0.15, 0.2) is 0 Å². The summed E-state index contributed by atoms with van der Waals surface area (Å²) in [6, 6.07) is 2.43. The third kappa shape index (κ3) is 4.23. The van der Waals surface area contributed by atoms with E-state index in [1.165, 1.54) is 0 Å². The molecule has 0 fully saturated rings. The summed E-state index contributed by atoms with van der Waals surface area (Å²) in [5.41, 5.74) is 8.78. The van der Waals surface area contributed by atoms with E-state index in [2.05, 4.69) is 0 Å². The van der Waals surface area contributed by atoms with Gasteiger partial charge in [0, 0.05) is 11.6 Å². The van der Waals surface area contributed by atoms with Gasteiger partial charge in [-0.15, -0.1) is 0 Å². The maximum Gasteiger partial charge on any atom is 0.304 e. The van der Waals surface area contributed by atoms with Crippen LogP contribution in [0.4, 0.5) is 10.1 Å². The topological polar surface area (TPSA) is 150 Å². The van der Waals surface area contributed by atoms with Gasteiger partial charge in [-0.25, -0.2) is 0 Å². The number of nitrogens with zero attached hydrogens (tertiary/aromatic N) is 2. The lowest BCUT2D eigenvalue weighted by molar-refractivity contribution is -0.387. The number of rotatable bonds is 6. The number of nitrogens with two attached hydrogens (primary N) is 2. The molecule has 0 heterocycles. The molecule has 0 aromatic heterocycles. The van der Waals surface area contributed by atoms with E-state index in [0.29, 0.717) is 11.0 Å². The first-order chi connectivity index (χ1) is 9.72. The molecule has 1 rings (SSSR count). The van der Waals surface area contributed by atoms with E-state index in [1.807, 2.05) is 0 Å². The van der Waals surface area contributed by atoms with E-state index in [-0.39, 0.29) is 5.56 Å². The molecule has 0 spiro atoms. The van der Waals surface area contributed by atoms with Crippen LogP contribution in [0, 0.1) is 15.9 Å². The van der Waals surface area contributed by atoms with Gasteiger partial charge in [-0.1, -0.05) is 0 Å². The molecule has 0 aliphatic heterocycles. The molecule has 21 heavy (non-hydrogen) atoms. The van der Waals surface area contributed by atoms with E-state index < -0.39 is 47.2 Å². The largest absolute Gasteiger partial charge is 0.368 e. The van der Waals surface area contributed by atoms with E-state index in [0.717, 1.165) is 12.1 Å². The second kappa shape index (κ2) is 6.41. The molecule has 0 atom stereocenters. The first kappa shape index (κ1) is 16.0. The third-order valence-corrected chi connectivity index (χ3v) is 2.37. The zero-order valence-corrected chi connectivity index (χ0v) is 10.6. The van der Waals surface area contributed by atoms with E-state index >= 15 is 0 Å². The molecular weight excluding hydrogens is 287 g/mol. The quantitative estimate of drug-likeness (QED) is 0.517. The van der Waals surface area contributed by atoms with Crippen LogP contribution in [0.3, 0.4) is 0 Å². The Morgan fingerprint density at radius 2 is 1.71 bits per heavy atom. The molecule has 1 aromatic rings. The molecule has 0 radical (unpaired) electrons. The molecule has 0 aliphatic rings. The van der Waals surface area contributed by atoms with Crippen molar-refractivity contribution in [3.8, 4) is 0 Å². The van der Waals surface area contributed by atoms with Crippen molar-refractivity contribution in [2.75, 3.05) is 13.1 Å². The van der Waals surface area contributed by atoms with Crippen molar-refractivity contribution >= 4 is 23.4 Å². The predicted molar refractivity (Wildman–Crippen MR) is 67.3 cm³/mol. The van der Waals surface area contributed by atoms with Crippen molar-refractivity contribution in [2.24, 2.45) is 11.5 Å². The van der Waals surface area contributed by atoms with E-state index in [1.54, 1.807) is 0 Å². The number of nitro groups is 1. The van der Waals surface area contributed by atoms with Crippen LogP contribution in [0.15, 0.2) is 18.2 Å². The van der Waals surface area contributed by atoms with Crippen LogP contribution in [0.5, 0.6) is 0 Å². The van der Waals surface area contributed by atoms with Crippen molar-refractivity contribution in [1.29, 1.82) is 0 Å². The van der Waals surface area contributed by atoms with Crippen molar-refractivity contribution in [3.63, 3.8) is 0 Å². The first-order valence-corrected chi connectivity index (χ1v) is 5.52. The summed E-state index contributed by atoms with van der Waals surface area (Å²) >= 11 is 0. The normalized spacial score (nSPS) is 9.95. The molecule has 3 amide bonds. The smallest absolute Gasteiger partial charge is 0.304 e. The maximum absolute atomic E-state index is 13.5. The summed E-state index contributed by atoms with van der Waals surface area (Å²) in [5.74, 6) is -3.91. The van der Waals surface area contributed by atoms with Crippen LogP contribution in [0.25, 0.3) is 0 Å². The van der Waals surface area contributed by atoms with E-state index in [4.69, 9.17) is 11.5 Å². The van der Waals surface area contributed by atoms with E-state index in [9.17, 15) is 28.9 Å². The van der Waals surface area contributed by atoms with Gasteiger partial charge in [0.2, 0.25) is 17.6 Å². The molecule has 0 aliphatic carbocycles. The zero-order chi connectivity index (χ0) is 16.2. The number of primary amides is 2. The van der Waals surface area contributed by atoms with Gasteiger partial charge in [-0.2, -0.15) is 4.39 Å². The van der Waals surface area contributed by atoms with Gasteiger partial charge in [-0.3, -0.25) is 24.5 Å². The fraction of sp³-hybridized carbons (Fsp3) is 0.182. The number of benzene rings is 1. The van der Waals surface area contributed by atoms with Crippen LogP contribution in [-0.4, -0.2) is 40.6 Å². The molecule has 4 N–H and O–H groups in total. The fourth-order valence-corrected chi connectivity index (χ4v) is 1.55. The highest BCUT2D eigenvalue weighted by molar-refractivity contribution is 5.98. The Bertz CT molecular complexity index is 603. The van der Waals surface area contributed by atoms with Crippen molar-refractivity contribution in [3.05, 3.63) is 39.7 Å². The molecule has 0 bridgehead atoms. The molecule has 10 heteroatoms. The molecule has 0 saturated heterocycles. The SMILES string of the molecule is NC(=O)CN(CC(N)=O)C(=O)c1ccc([N+](=O)[O-])c(F)c1. The Balaban J connectivity index is 3.08. The number of carbonyl (C=O) groups excluding carboxylic acids is 3. The molecule has 0 unspecified atom stereocenters. The Labute approximate surface area is 117 Å². The van der Waals surface area contributed by atoms with Gasteiger partial charge in [0.1, 0.15) is 13.1 Å². The number of carbonyl (C=O) groups is 3. The van der Waals surface area contributed by atoms with Gasteiger partial charge < -0.3 is 16.4 Å². The fourth-order valence-electron chi connectivity index (χ4n) is 1.55. The average Bonchev–Trinajstić information content (AvgIpc) is 2.35. The Morgan fingerprint density at radius 1 is 1.19 bits per heavy atom. The molecule has 112 valence electrons. The number of halogens is 1. The highest BCUT2D eigenvalue weighted by atomic mass is 19.1. The van der Waals surface area contributed by atoms with Crippen LogP contribution in [0.2, 0.25) is 0 Å². The summed E-state index contributed by atoms with van der Waals surface area (Å²) in [7, 11) is 0. The number of hydrogen-bond acceptors (Lipinski definition) is 5. The van der Waals surface area contributed by atoms with Gasteiger partial charge >= 0.3 is 5.69 Å². The molecule has 1 aromatic carbocycles. The standard InChI is InChI=1S/C11H11FN4O5/c12-7-3-6(1-2-8(7)16(20)21)11(19)15(4-9(13)17)5-10(14)18/h1-3H,4-5H2,(H2,13,17)(H2,14,18). The van der Waals surface area contributed by atoms with Crippen LogP contribution >= 0.6 is 0 Å². The predicted octanol–water partition coefficient (Wildman–Crippen LogP) is -0.853. The summed E-state index contributed by atoms with van der Waals surface area (Å²) in [6.07, 6.45) is 0. The number of nitro benzene ring substituents is 1. The van der Waals surface area contributed by atoms with Gasteiger partial charge in [-0.05, 0) is 12.1 Å². The third-order valence-electron chi connectivity index (χ3n) is 2.37. The highest BCUT2D eigenvalue weighted by Gasteiger charge is 2.22. The van der Waals surface area contributed by atoms with Crippen LogP contribution in [-0.2, 0) is 9.59 Å². The van der Waals surface area contributed by atoms with Crippen molar-refractivity contribution < 1.29 is 23.7 Å². The monoisotopic (exact) mass is 298 g/mol. The molecule has 9 nitrogen and oxygen atoms in total. The summed E-state index contributed by atoms with van der Waals surface area (Å²) in [6.45, 7) is -1.19. The minimum absolute atomic E-state index is 0.277. The number of amides is 3. The summed E-state index contributed by atoms with van der Waals surface area (Å²) in [5, 5.41) is 10.5. The average molecular weight is 298 g/mol. The second-order valence-electron chi connectivity index (χ2n) is 4.02. The number of hydrogen-bond donors (Lipinski definition) is 2. The lowest BCUT2D eigenvalue weighted by Gasteiger charge is -2.19. The lowest BCUT2D eigenvalue weighted by atomic mass is 10.1. The Kier molecular flexibility index (Phi) is 4.89. The maximum atomic E-state index is 13.5. The summed E-state index contributed by atoms with van der Waals surface area (Å²) < 4.78 is 13.5. The van der Waals surface area contributed by atoms with Crippen molar-refractivity contribution in [1.82, 2.24) is 4.90 Å². The second-order valence-corrected chi connectivity index (χ2v) is 4.02. The van der Waals surface area contributed by atoms with Gasteiger partial charge in [0.05, 0.1) is 4.92 Å². The Hall–Kier alpha value is -3.04. The van der Waals surface area contributed by atoms with Gasteiger partial charge in [0.25, 0.3) is 5.91 Å². The van der Waals surface area contributed by atoms with Crippen LogP contribution < -0.4 is 11.5 Å². The van der Waals surface area contributed by atoms with Crippen molar-refractivity contribution in [2.45, 2.75) is 0 Å². The minimum Gasteiger partial charge on any atom is -0.368 e. The minimum atomic E-state index is -1.22. The summed E-state index contributed by atoms with van der Waals surface area (Å²) in [4.78, 5) is 44.0. The Morgan fingerprint density at radius 3 is 2.10 bits per heavy atom. The molecule has 0 saturated carbocycles.